The van der Waals surface area contributed by atoms with Crippen molar-refractivity contribution < 1.29 is 9.59 Å². The average molecular weight is 546 g/mol. The Morgan fingerprint density at radius 2 is 1.13 bits per heavy atom. The van der Waals surface area contributed by atoms with Crippen LogP contribution in [-0.4, -0.2) is 24.2 Å². The van der Waals surface area contributed by atoms with E-state index in [0.29, 0.717) is 32.6 Å². The number of benzene rings is 3. The van der Waals surface area contributed by atoms with Gasteiger partial charge in [-0.1, -0.05) is 77.8 Å². The minimum Gasteiger partial charge on any atom is -0.362 e. The van der Waals surface area contributed by atoms with Gasteiger partial charge in [0.1, 0.15) is 0 Å². The molecule has 0 aliphatic carbocycles. The van der Waals surface area contributed by atoms with Gasteiger partial charge in [0.25, 0.3) is 11.8 Å². The molecule has 0 radical (unpaired) electrons. The third-order valence-electron chi connectivity index (χ3n) is 5.88. The smallest absolute Gasteiger partial charge is 0.270 e. The van der Waals surface area contributed by atoms with Crippen molar-refractivity contribution in [2.45, 2.75) is 19.8 Å². The Labute approximate surface area is 230 Å². The van der Waals surface area contributed by atoms with Crippen LogP contribution in [-0.2, 0) is 9.59 Å². The molecule has 0 atom stereocenters. The van der Waals surface area contributed by atoms with E-state index in [4.69, 9.17) is 23.2 Å². The van der Waals surface area contributed by atoms with E-state index >= 15 is 0 Å². The second-order valence-electron chi connectivity index (χ2n) is 8.55. The number of carbonyl (C=O) groups is 2. The van der Waals surface area contributed by atoms with Crippen molar-refractivity contribution in [2.24, 2.45) is 10.2 Å². The van der Waals surface area contributed by atoms with Gasteiger partial charge in [0.2, 0.25) is 0 Å². The average Bonchev–Trinajstić information content (AvgIpc) is 2.91. The molecular formula is C29H25Cl2N5O2. The molecule has 0 saturated carbocycles. The summed E-state index contributed by atoms with van der Waals surface area (Å²) >= 11 is 11.9. The zero-order chi connectivity index (χ0) is 27.1. The molecular weight excluding hydrogens is 521 g/mol. The molecule has 9 heteroatoms. The number of rotatable bonds is 7. The fourth-order valence-corrected chi connectivity index (χ4v) is 4.38. The number of nitrogens with one attached hydrogen (secondary N) is 3. The van der Waals surface area contributed by atoms with Crippen molar-refractivity contribution in [1.82, 2.24) is 16.2 Å². The Bertz CT molecular complexity index is 1350. The number of nitrogens with zero attached hydrogens (tertiary/aromatic N) is 2. The lowest BCUT2D eigenvalue weighted by atomic mass is 9.80. The SMILES string of the molecule is CC1=C(C(=O)N/N=C\c2ccc(Cl)cc2)C(c2ccccc2)C(C(=O)N/N=C\c2ccc(Cl)cc2)=C(C)N1. The van der Waals surface area contributed by atoms with Crippen molar-refractivity contribution in [1.29, 1.82) is 0 Å². The normalized spacial score (nSPS) is 14.2. The fourth-order valence-electron chi connectivity index (χ4n) is 4.12. The van der Waals surface area contributed by atoms with Gasteiger partial charge in [-0.15, -0.1) is 0 Å². The van der Waals surface area contributed by atoms with Gasteiger partial charge in [-0.25, -0.2) is 10.9 Å². The molecule has 1 heterocycles. The van der Waals surface area contributed by atoms with Gasteiger partial charge in [-0.3, -0.25) is 9.59 Å². The molecule has 0 unspecified atom stereocenters. The van der Waals surface area contributed by atoms with Crippen molar-refractivity contribution in [3.63, 3.8) is 0 Å². The first-order valence-electron chi connectivity index (χ1n) is 11.7. The molecule has 0 saturated heterocycles. The van der Waals surface area contributed by atoms with Crippen molar-refractivity contribution in [3.05, 3.63) is 128 Å². The lowest BCUT2D eigenvalue weighted by Crippen LogP contribution is -2.37. The van der Waals surface area contributed by atoms with E-state index in [1.807, 2.05) is 30.3 Å². The van der Waals surface area contributed by atoms with Gasteiger partial charge >= 0.3 is 0 Å². The predicted molar refractivity (Wildman–Crippen MR) is 152 cm³/mol. The fraction of sp³-hybridized carbons (Fsp3) is 0.103. The second-order valence-corrected chi connectivity index (χ2v) is 9.42. The molecule has 1 aliphatic heterocycles. The maximum absolute atomic E-state index is 13.4. The van der Waals surface area contributed by atoms with E-state index in [-0.39, 0.29) is 0 Å². The number of carbonyl (C=O) groups excluding carboxylic acids is 2. The maximum atomic E-state index is 13.4. The van der Waals surface area contributed by atoms with Gasteiger partial charge in [-0.2, -0.15) is 10.2 Å². The molecule has 0 aromatic heterocycles. The summed E-state index contributed by atoms with van der Waals surface area (Å²) in [5.74, 6) is -1.51. The Balaban J connectivity index is 1.60. The molecule has 0 spiro atoms. The van der Waals surface area contributed by atoms with E-state index in [0.717, 1.165) is 16.7 Å². The van der Waals surface area contributed by atoms with E-state index < -0.39 is 17.7 Å². The summed E-state index contributed by atoms with van der Waals surface area (Å²) in [5, 5.41) is 12.6. The van der Waals surface area contributed by atoms with Crippen molar-refractivity contribution >= 4 is 47.4 Å². The largest absolute Gasteiger partial charge is 0.362 e. The highest BCUT2D eigenvalue weighted by Crippen LogP contribution is 2.38. The number of amides is 2. The summed E-state index contributed by atoms with van der Waals surface area (Å²) in [6.07, 6.45) is 3.05. The van der Waals surface area contributed by atoms with Crippen LogP contribution in [0.4, 0.5) is 0 Å². The number of halogens is 2. The summed E-state index contributed by atoms with van der Waals surface area (Å²) in [4.78, 5) is 26.8. The highest BCUT2D eigenvalue weighted by Gasteiger charge is 2.36. The van der Waals surface area contributed by atoms with Gasteiger partial charge in [0.05, 0.1) is 12.4 Å². The van der Waals surface area contributed by atoms with Crippen LogP contribution in [0.5, 0.6) is 0 Å². The third kappa shape index (κ3) is 6.56. The molecule has 2 amide bonds. The first-order valence-corrected chi connectivity index (χ1v) is 12.5. The molecule has 0 fully saturated rings. The molecule has 3 aromatic rings. The first-order chi connectivity index (χ1) is 18.3. The number of hydrogen-bond acceptors (Lipinski definition) is 5. The van der Waals surface area contributed by atoms with Crippen LogP contribution in [0, 0.1) is 0 Å². The lowest BCUT2D eigenvalue weighted by Gasteiger charge is -2.30. The molecule has 7 nitrogen and oxygen atoms in total. The van der Waals surface area contributed by atoms with Gasteiger partial charge in [0, 0.05) is 38.5 Å². The topological polar surface area (TPSA) is 95.0 Å². The number of dihydropyridines is 1. The van der Waals surface area contributed by atoms with Crippen LogP contribution < -0.4 is 16.2 Å². The Morgan fingerprint density at radius 3 is 1.55 bits per heavy atom. The van der Waals surface area contributed by atoms with E-state index in [2.05, 4.69) is 26.4 Å². The highest BCUT2D eigenvalue weighted by molar-refractivity contribution is 6.30. The second kappa shape index (κ2) is 12.4. The Hall–Kier alpha value is -4.20. The molecule has 192 valence electrons. The van der Waals surface area contributed by atoms with Crippen LogP contribution in [0.25, 0.3) is 0 Å². The summed E-state index contributed by atoms with van der Waals surface area (Å²) in [7, 11) is 0. The Kier molecular flexibility index (Phi) is 8.73. The predicted octanol–water partition coefficient (Wildman–Crippen LogP) is 5.53. The third-order valence-corrected chi connectivity index (χ3v) is 6.39. The molecule has 3 N–H and O–H groups in total. The van der Waals surface area contributed by atoms with Crippen LogP contribution in [0.15, 0.2) is 112 Å². The summed E-state index contributed by atoms with van der Waals surface area (Å²) in [6.45, 7) is 3.59. The monoisotopic (exact) mass is 545 g/mol. The van der Waals surface area contributed by atoms with E-state index in [9.17, 15) is 9.59 Å². The molecule has 1 aliphatic rings. The molecule has 38 heavy (non-hydrogen) atoms. The quantitative estimate of drug-likeness (QED) is 0.269. The number of hydrogen-bond donors (Lipinski definition) is 3. The van der Waals surface area contributed by atoms with Gasteiger partial charge in [-0.05, 0) is 54.8 Å². The molecule has 0 bridgehead atoms. The first kappa shape index (κ1) is 26.9. The number of hydrazone groups is 2. The zero-order valence-corrected chi connectivity index (χ0v) is 22.2. The van der Waals surface area contributed by atoms with Crippen LogP contribution >= 0.6 is 23.2 Å². The highest BCUT2D eigenvalue weighted by atomic mass is 35.5. The van der Waals surface area contributed by atoms with Crippen LogP contribution in [0.2, 0.25) is 10.0 Å². The summed E-state index contributed by atoms with van der Waals surface area (Å²) in [5.41, 5.74) is 9.52. The van der Waals surface area contributed by atoms with Crippen molar-refractivity contribution in [2.75, 3.05) is 0 Å². The number of allylic oxidation sites excluding steroid dienone is 2. The zero-order valence-electron chi connectivity index (χ0n) is 20.7. The van der Waals surface area contributed by atoms with E-state index in [1.165, 1.54) is 12.4 Å². The molecule has 3 aromatic carbocycles. The van der Waals surface area contributed by atoms with Gasteiger partial charge in [0.15, 0.2) is 0 Å². The standard InChI is InChI=1S/C29H25Cl2N5O2/c1-18-25(28(37)35-32-16-20-8-12-23(30)13-9-20)27(22-6-4-3-5-7-22)26(19(2)34-18)29(38)36-33-17-21-10-14-24(31)15-11-21/h3-17,27,34H,1-2H3,(H,35,37)(H,36,38)/b32-16-,33-17-. The van der Waals surface area contributed by atoms with Crippen LogP contribution in [0.3, 0.4) is 0 Å². The van der Waals surface area contributed by atoms with E-state index in [1.54, 1.807) is 62.4 Å². The van der Waals surface area contributed by atoms with Gasteiger partial charge < -0.3 is 5.32 Å². The Morgan fingerprint density at radius 1 is 0.711 bits per heavy atom. The minimum absolute atomic E-state index is 0.377. The molecule has 4 rings (SSSR count). The summed E-state index contributed by atoms with van der Waals surface area (Å²) in [6, 6.07) is 23.5. The van der Waals surface area contributed by atoms with Crippen LogP contribution in [0.1, 0.15) is 36.5 Å². The lowest BCUT2D eigenvalue weighted by molar-refractivity contribution is -0.118. The summed E-state index contributed by atoms with van der Waals surface area (Å²) < 4.78 is 0. The van der Waals surface area contributed by atoms with Crippen molar-refractivity contribution in [3.8, 4) is 0 Å². The minimum atomic E-state index is -0.645. The maximum Gasteiger partial charge on any atom is 0.270 e.